The minimum atomic E-state index is -0.0788. The standard InChI is InChI=1S/C29H20N4O/c34-27-15-17-30-19-24(27)29-32-28-23(12-7-14-26(28)33(29)22-10-2-1-3-11-22)20-8-6-9-21(18-20)25-13-4-5-16-31-25/h1-19H,(H,30,34). The third kappa shape index (κ3) is 3.40. The van der Waals surface area contributed by atoms with Gasteiger partial charge in [0.05, 0.1) is 22.3 Å². The number of rotatable bonds is 4. The molecular weight excluding hydrogens is 420 g/mol. The van der Waals surface area contributed by atoms with Gasteiger partial charge in [-0.2, -0.15) is 0 Å². The fraction of sp³-hybridized carbons (Fsp3) is 0. The second kappa shape index (κ2) is 8.30. The van der Waals surface area contributed by atoms with E-state index in [1.807, 2.05) is 71.3 Å². The van der Waals surface area contributed by atoms with Crippen LogP contribution in [0.2, 0.25) is 0 Å². The van der Waals surface area contributed by atoms with Gasteiger partial charge in [-0.25, -0.2) is 4.98 Å². The van der Waals surface area contributed by atoms with E-state index in [0.29, 0.717) is 11.4 Å². The van der Waals surface area contributed by atoms with Crippen molar-refractivity contribution in [2.24, 2.45) is 0 Å². The summed E-state index contributed by atoms with van der Waals surface area (Å²) in [5.41, 5.74) is 7.16. The van der Waals surface area contributed by atoms with E-state index in [2.05, 4.69) is 34.2 Å². The van der Waals surface area contributed by atoms with Crippen LogP contribution in [0.15, 0.2) is 120 Å². The van der Waals surface area contributed by atoms with Gasteiger partial charge in [-0.05, 0) is 42.0 Å². The second-order valence-electron chi connectivity index (χ2n) is 8.00. The molecule has 1 N–H and O–H groups in total. The number of hydrogen-bond donors (Lipinski definition) is 1. The monoisotopic (exact) mass is 440 g/mol. The molecule has 34 heavy (non-hydrogen) atoms. The van der Waals surface area contributed by atoms with Gasteiger partial charge < -0.3 is 4.98 Å². The van der Waals surface area contributed by atoms with Gasteiger partial charge >= 0.3 is 0 Å². The molecule has 0 radical (unpaired) electrons. The van der Waals surface area contributed by atoms with Gasteiger partial charge in [0.25, 0.3) is 0 Å². The molecule has 0 saturated carbocycles. The van der Waals surface area contributed by atoms with Crippen molar-refractivity contribution >= 4 is 11.0 Å². The fourth-order valence-corrected chi connectivity index (χ4v) is 4.32. The van der Waals surface area contributed by atoms with Crippen LogP contribution < -0.4 is 5.43 Å². The van der Waals surface area contributed by atoms with E-state index in [1.54, 1.807) is 18.6 Å². The molecule has 162 valence electrons. The summed E-state index contributed by atoms with van der Waals surface area (Å²) in [7, 11) is 0. The molecule has 3 heterocycles. The lowest BCUT2D eigenvalue weighted by Gasteiger charge is -2.09. The molecule has 0 bridgehead atoms. The molecule has 3 aromatic heterocycles. The van der Waals surface area contributed by atoms with Crippen molar-refractivity contribution in [3.63, 3.8) is 0 Å². The lowest BCUT2D eigenvalue weighted by molar-refractivity contribution is 1.09. The molecule has 5 nitrogen and oxygen atoms in total. The van der Waals surface area contributed by atoms with Gasteiger partial charge in [0.2, 0.25) is 0 Å². The molecule has 0 aliphatic rings. The van der Waals surface area contributed by atoms with Crippen LogP contribution in [0.3, 0.4) is 0 Å². The maximum Gasteiger partial charge on any atom is 0.192 e. The average Bonchev–Trinajstić information content (AvgIpc) is 3.29. The Kier molecular flexibility index (Phi) is 4.85. The highest BCUT2D eigenvalue weighted by Crippen LogP contribution is 2.34. The molecular formula is C29H20N4O. The number of nitrogens with one attached hydrogen (secondary N) is 1. The Labute approximate surface area is 196 Å². The van der Waals surface area contributed by atoms with E-state index in [0.717, 1.165) is 39.1 Å². The van der Waals surface area contributed by atoms with Gasteiger partial charge in [0, 0.05) is 41.5 Å². The number of fused-ring (bicyclic) bond motifs is 1. The summed E-state index contributed by atoms with van der Waals surface area (Å²) in [6.45, 7) is 0. The topological polar surface area (TPSA) is 63.6 Å². The second-order valence-corrected chi connectivity index (χ2v) is 8.00. The molecule has 3 aromatic carbocycles. The van der Waals surface area contributed by atoms with E-state index in [9.17, 15) is 4.79 Å². The van der Waals surface area contributed by atoms with Crippen LogP contribution in [0.4, 0.5) is 0 Å². The normalized spacial score (nSPS) is 11.1. The summed E-state index contributed by atoms with van der Waals surface area (Å²) in [5.74, 6) is 0.608. The number of pyridine rings is 2. The quantitative estimate of drug-likeness (QED) is 0.360. The van der Waals surface area contributed by atoms with Crippen LogP contribution >= 0.6 is 0 Å². The van der Waals surface area contributed by atoms with Gasteiger partial charge in [0.15, 0.2) is 11.3 Å². The first-order valence-corrected chi connectivity index (χ1v) is 11.1. The number of aromatic nitrogens is 4. The zero-order valence-corrected chi connectivity index (χ0v) is 18.2. The van der Waals surface area contributed by atoms with Crippen molar-refractivity contribution in [3.05, 3.63) is 126 Å². The number of aromatic amines is 1. The van der Waals surface area contributed by atoms with Crippen molar-refractivity contribution in [2.75, 3.05) is 0 Å². The smallest absolute Gasteiger partial charge is 0.192 e. The van der Waals surface area contributed by atoms with Crippen LogP contribution in [-0.2, 0) is 0 Å². The maximum absolute atomic E-state index is 12.8. The molecule has 5 heteroatoms. The molecule has 6 rings (SSSR count). The lowest BCUT2D eigenvalue weighted by atomic mass is 10.0. The summed E-state index contributed by atoms with van der Waals surface area (Å²) in [6, 6.07) is 31.9. The fourth-order valence-electron chi connectivity index (χ4n) is 4.32. The van der Waals surface area contributed by atoms with Gasteiger partial charge in [-0.15, -0.1) is 0 Å². The number of H-pyrrole nitrogens is 1. The van der Waals surface area contributed by atoms with Crippen molar-refractivity contribution in [2.45, 2.75) is 0 Å². The van der Waals surface area contributed by atoms with E-state index in [1.165, 1.54) is 6.07 Å². The summed E-state index contributed by atoms with van der Waals surface area (Å²) >= 11 is 0. The SMILES string of the molecule is O=c1cc[nH]cc1-c1nc2c(-c3cccc(-c4ccccn4)c3)cccc2n1-c1ccccc1. The molecule has 0 amide bonds. The minimum absolute atomic E-state index is 0.0788. The Hall–Kier alpha value is -4.77. The van der Waals surface area contributed by atoms with E-state index < -0.39 is 0 Å². The highest BCUT2D eigenvalue weighted by atomic mass is 16.1. The van der Waals surface area contributed by atoms with Crippen molar-refractivity contribution in [1.82, 2.24) is 19.5 Å². The molecule has 0 aliphatic heterocycles. The highest BCUT2D eigenvalue weighted by Gasteiger charge is 2.19. The van der Waals surface area contributed by atoms with Gasteiger partial charge in [0.1, 0.15) is 0 Å². The first-order valence-electron chi connectivity index (χ1n) is 11.1. The van der Waals surface area contributed by atoms with Crippen molar-refractivity contribution < 1.29 is 0 Å². The Morgan fingerprint density at radius 1 is 0.735 bits per heavy atom. The number of nitrogens with zero attached hydrogens (tertiary/aromatic N) is 3. The number of imidazole rings is 1. The van der Waals surface area contributed by atoms with Gasteiger partial charge in [-0.1, -0.05) is 54.6 Å². The zero-order chi connectivity index (χ0) is 22.9. The number of benzene rings is 3. The van der Waals surface area contributed by atoms with Crippen molar-refractivity contribution in [3.8, 4) is 39.5 Å². The Morgan fingerprint density at radius 3 is 2.38 bits per heavy atom. The first kappa shape index (κ1) is 19.9. The summed E-state index contributed by atoms with van der Waals surface area (Å²) in [5, 5.41) is 0. The molecule has 0 spiro atoms. The maximum atomic E-state index is 12.8. The van der Waals surface area contributed by atoms with Gasteiger partial charge in [-0.3, -0.25) is 14.3 Å². The van der Waals surface area contributed by atoms with Crippen molar-refractivity contribution in [1.29, 1.82) is 0 Å². The van der Waals surface area contributed by atoms with Crippen LogP contribution in [0.25, 0.3) is 50.5 Å². The lowest BCUT2D eigenvalue weighted by Crippen LogP contribution is -2.07. The number of para-hydroxylation sites is 2. The zero-order valence-electron chi connectivity index (χ0n) is 18.2. The van der Waals surface area contributed by atoms with Crippen LogP contribution in [0.1, 0.15) is 0 Å². The third-order valence-electron chi connectivity index (χ3n) is 5.90. The molecule has 0 atom stereocenters. The Balaban J connectivity index is 1.62. The summed E-state index contributed by atoms with van der Waals surface area (Å²) in [4.78, 5) is 25.3. The molecule has 0 unspecified atom stereocenters. The van der Waals surface area contributed by atoms with E-state index in [-0.39, 0.29) is 5.43 Å². The molecule has 0 saturated heterocycles. The Bertz CT molecular complexity index is 1670. The van der Waals surface area contributed by atoms with E-state index >= 15 is 0 Å². The number of hydrogen-bond acceptors (Lipinski definition) is 3. The van der Waals surface area contributed by atoms with Crippen LogP contribution in [0.5, 0.6) is 0 Å². The molecule has 6 aromatic rings. The largest absolute Gasteiger partial charge is 0.367 e. The average molecular weight is 441 g/mol. The van der Waals surface area contributed by atoms with Crippen LogP contribution in [-0.4, -0.2) is 19.5 Å². The minimum Gasteiger partial charge on any atom is -0.367 e. The van der Waals surface area contributed by atoms with Crippen LogP contribution in [0, 0.1) is 0 Å². The first-order chi connectivity index (χ1) is 16.8. The van der Waals surface area contributed by atoms with E-state index in [4.69, 9.17) is 4.98 Å². The molecule has 0 aliphatic carbocycles. The predicted molar refractivity (Wildman–Crippen MR) is 136 cm³/mol. The molecule has 0 fully saturated rings. The summed E-state index contributed by atoms with van der Waals surface area (Å²) < 4.78 is 2.05. The predicted octanol–water partition coefficient (Wildman–Crippen LogP) is 6.11. The third-order valence-corrected chi connectivity index (χ3v) is 5.90. The Morgan fingerprint density at radius 2 is 1.56 bits per heavy atom. The summed E-state index contributed by atoms with van der Waals surface area (Å²) in [6.07, 6.45) is 5.15. The highest BCUT2D eigenvalue weighted by molar-refractivity contribution is 5.96.